The molecule has 0 aromatic heterocycles. The number of nitrogens with zero attached hydrogens (tertiary/aromatic N) is 2. The van der Waals surface area contributed by atoms with E-state index in [1.54, 1.807) is 0 Å². The van der Waals surface area contributed by atoms with Gasteiger partial charge >= 0.3 is 0 Å². The first-order valence-corrected chi connectivity index (χ1v) is 9.48. The van der Waals surface area contributed by atoms with Gasteiger partial charge in [0.25, 0.3) is 5.69 Å². The molecule has 0 atom stereocenters. The van der Waals surface area contributed by atoms with Crippen molar-refractivity contribution < 1.29 is 22.8 Å². The number of nitro benzene ring substituents is 1. The van der Waals surface area contributed by atoms with Crippen LogP contribution in [0.5, 0.6) is 5.75 Å². The number of sulfonamides is 1. The lowest BCUT2D eigenvalue weighted by molar-refractivity contribution is -0.385. The zero-order chi connectivity index (χ0) is 18.4. The average molecular weight is 410 g/mol. The molecule has 9 nitrogen and oxygen atoms in total. The first-order chi connectivity index (χ1) is 11.9. The molecule has 26 heavy (non-hydrogen) atoms. The molecular formula is C15H24ClN3O6S. The Bertz CT molecular complexity index is 707. The number of benzene rings is 1. The first kappa shape index (κ1) is 22.6. The number of piperidine rings is 1. The van der Waals surface area contributed by atoms with E-state index < -0.39 is 14.9 Å². The van der Waals surface area contributed by atoms with Crippen molar-refractivity contribution in [2.45, 2.75) is 30.3 Å². The van der Waals surface area contributed by atoms with Crippen LogP contribution < -0.4 is 10.5 Å². The molecule has 0 aliphatic carbocycles. The largest absolute Gasteiger partial charge is 0.495 e. The van der Waals surface area contributed by atoms with Crippen molar-refractivity contribution in [2.75, 3.05) is 33.4 Å². The van der Waals surface area contributed by atoms with Gasteiger partial charge in [-0.2, -0.15) is 4.31 Å². The van der Waals surface area contributed by atoms with E-state index in [1.807, 2.05) is 0 Å². The van der Waals surface area contributed by atoms with Gasteiger partial charge in [0.2, 0.25) is 10.0 Å². The van der Waals surface area contributed by atoms with Crippen LogP contribution in [0.25, 0.3) is 0 Å². The molecule has 1 saturated heterocycles. The van der Waals surface area contributed by atoms with Crippen molar-refractivity contribution in [3.63, 3.8) is 0 Å². The van der Waals surface area contributed by atoms with Crippen LogP contribution in [0.3, 0.4) is 0 Å². The van der Waals surface area contributed by atoms with Crippen LogP contribution in [-0.2, 0) is 14.8 Å². The fourth-order valence-corrected chi connectivity index (χ4v) is 4.30. The van der Waals surface area contributed by atoms with Gasteiger partial charge in [0, 0.05) is 25.8 Å². The molecule has 0 amide bonds. The molecule has 0 spiro atoms. The second-order valence-corrected chi connectivity index (χ2v) is 7.62. The zero-order valence-corrected chi connectivity index (χ0v) is 16.1. The van der Waals surface area contributed by atoms with Gasteiger partial charge in [-0.1, -0.05) is 0 Å². The number of nitrogens with two attached hydrogens (primary N) is 1. The van der Waals surface area contributed by atoms with Crippen molar-refractivity contribution in [1.29, 1.82) is 0 Å². The Labute approximate surface area is 159 Å². The fourth-order valence-electron chi connectivity index (χ4n) is 2.69. The number of hydrogen-bond donors (Lipinski definition) is 1. The van der Waals surface area contributed by atoms with Gasteiger partial charge < -0.3 is 15.2 Å². The Morgan fingerprint density at radius 1 is 1.35 bits per heavy atom. The van der Waals surface area contributed by atoms with E-state index in [-0.39, 0.29) is 34.8 Å². The molecule has 1 aliphatic rings. The molecule has 2 N–H and O–H groups in total. The van der Waals surface area contributed by atoms with Crippen LogP contribution in [0, 0.1) is 10.1 Å². The van der Waals surface area contributed by atoms with Crippen molar-refractivity contribution in [3.05, 3.63) is 28.3 Å². The maximum absolute atomic E-state index is 12.8. The number of halogens is 1. The summed E-state index contributed by atoms with van der Waals surface area (Å²) in [6.07, 6.45) is 1.99. The number of hydrogen-bond acceptors (Lipinski definition) is 7. The zero-order valence-electron chi connectivity index (χ0n) is 14.5. The van der Waals surface area contributed by atoms with Crippen molar-refractivity contribution >= 4 is 28.1 Å². The van der Waals surface area contributed by atoms with Gasteiger partial charge in [-0.25, -0.2) is 8.42 Å². The smallest absolute Gasteiger partial charge is 0.273 e. The Balaban J connectivity index is 0.00000338. The standard InChI is InChI=1S/C15H23N3O6S.ClH/c1-23-14-11-12(18(19)20)3-4-15(14)25(21,22)17-8-5-13(6-9-17)24-10-2-7-16;/h3-4,11,13H,2,5-10,16H2,1H3;1H. The van der Waals surface area contributed by atoms with Crippen molar-refractivity contribution in [1.82, 2.24) is 4.31 Å². The third-order valence-corrected chi connectivity index (χ3v) is 6.02. The highest BCUT2D eigenvalue weighted by molar-refractivity contribution is 7.89. The summed E-state index contributed by atoms with van der Waals surface area (Å²) in [5.41, 5.74) is 5.20. The summed E-state index contributed by atoms with van der Waals surface area (Å²) in [6.45, 7) is 1.79. The number of non-ortho nitro benzene ring substituents is 1. The minimum Gasteiger partial charge on any atom is -0.495 e. The number of nitro groups is 1. The van der Waals surface area contributed by atoms with E-state index in [1.165, 1.54) is 17.5 Å². The monoisotopic (exact) mass is 409 g/mol. The van der Waals surface area contributed by atoms with Crippen molar-refractivity contribution in [2.24, 2.45) is 5.73 Å². The number of methoxy groups -OCH3 is 1. The molecule has 0 saturated carbocycles. The summed E-state index contributed by atoms with van der Waals surface area (Å²) >= 11 is 0. The van der Waals surface area contributed by atoms with Crippen LogP contribution >= 0.6 is 12.4 Å². The molecule has 148 valence electrons. The van der Waals surface area contributed by atoms with Gasteiger partial charge in [0.1, 0.15) is 10.6 Å². The summed E-state index contributed by atoms with van der Waals surface area (Å²) in [5, 5.41) is 10.8. The fraction of sp³-hybridized carbons (Fsp3) is 0.600. The lowest BCUT2D eigenvalue weighted by Crippen LogP contribution is -2.41. The van der Waals surface area contributed by atoms with Crippen LogP contribution in [0.1, 0.15) is 19.3 Å². The minimum atomic E-state index is -3.79. The lowest BCUT2D eigenvalue weighted by Gasteiger charge is -2.31. The van der Waals surface area contributed by atoms with Crippen molar-refractivity contribution in [3.8, 4) is 5.75 Å². The third kappa shape index (κ3) is 5.27. The number of rotatable bonds is 8. The topological polar surface area (TPSA) is 125 Å². The van der Waals surface area contributed by atoms with Gasteiger partial charge in [-0.05, 0) is 31.9 Å². The van der Waals surface area contributed by atoms with E-state index in [0.29, 0.717) is 39.1 Å². The molecule has 0 unspecified atom stereocenters. The summed E-state index contributed by atoms with van der Waals surface area (Å²) in [7, 11) is -2.50. The van der Waals surface area contributed by atoms with E-state index >= 15 is 0 Å². The Kier molecular flexibility index (Phi) is 8.71. The highest BCUT2D eigenvalue weighted by Gasteiger charge is 2.32. The molecule has 1 aliphatic heterocycles. The normalized spacial score (nSPS) is 16.1. The van der Waals surface area contributed by atoms with Crippen LogP contribution in [0.4, 0.5) is 5.69 Å². The summed E-state index contributed by atoms with van der Waals surface area (Å²) in [6, 6.07) is 3.50. The van der Waals surface area contributed by atoms with Crippen LogP contribution in [0.15, 0.2) is 23.1 Å². The maximum atomic E-state index is 12.8. The van der Waals surface area contributed by atoms with E-state index in [9.17, 15) is 18.5 Å². The second-order valence-electron chi connectivity index (χ2n) is 5.71. The van der Waals surface area contributed by atoms with Gasteiger partial charge in [-0.3, -0.25) is 10.1 Å². The molecule has 0 radical (unpaired) electrons. The predicted molar refractivity (Wildman–Crippen MR) is 98.3 cm³/mol. The maximum Gasteiger partial charge on any atom is 0.273 e. The molecule has 1 heterocycles. The quantitative estimate of drug-likeness (QED) is 0.392. The molecule has 1 fully saturated rings. The van der Waals surface area contributed by atoms with E-state index in [2.05, 4.69) is 0 Å². The summed E-state index contributed by atoms with van der Waals surface area (Å²) < 4.78 is 37.8. The Hall–Kier alpha value is -1.46. The summed E-state index contributed by atoms with van der Waals surface area (Å²) in [5.74, 6) is -0.0319. The van der Waals surface area contributed by atoms with Crippen LogP contribution in [0.2, 0.25) is 0 Å². The third-order valence-electron chi connectivity index (χ3n) is 4.08. The molecule has 11 heteroatoms. The molecule has 0 bridgehead atoms. The first-order valence-electron chi connectivity index (χ1n) is 8.04. The minimum absolute atomic E-state index is 0. The second kappa shape index (κ2) is 10.0. The van der Waals surface area contributed by atoms with Gasteiger partial charge in [0.05, 0.1) is 24.2 Å². The van der Waals surface area contributed by atoms with Gasteiger partial charge in [0.15, 0.2) is 0 Å². The molecular weight excluding hydrogens is 386 g/mol. The highest BCUT2D eigenvalue weighted by Crippen LogP contribution is 2.32. The number of ether oxygens (including phenoxy) is 2. The van der Waals surface area contributed by atoms with Gasteiger partial charge in [-0.15, -0.1) is 12.4 Å². The van der Waals surface area contributed by atoms with E-state index in [4.69, 9.17) is 15.2 Å². The molecule has 1 aromatic carbocycles. The predicted octanol–water partition coefficient (Wildman–Crippen LogP) is 1.54. The van der Waals surface area contributed by atoms with Crippen LogP contribution in [-0.4, -0.2) is 57.1 Å². The average Bonchev–Trinajstić information content (AvgIpc) is 2.61. The Morgan fingerprint density at radius 3 is 2.54 bits per heavy atom. The van der Waals surface area contributed by atoms with E-state index in [0.717, 1.165) is 18.6 Å². The highest BCUT2D eigenvalue weighted by atomic mass is 35.5. The Morgan fingerprint density at radius 2 is 2.00 bits per heavy atom. The SMILES string of the molecule is COc1cc([N+](=O)[O-])ccc1S(=O)(=O)N1CCC(OCCCN)CC1.Cl. The summed E-state index contributed by atoms with van der Waals surface area (Å²) in [4.78, 5) is 10.2. The molecule has 2 rings (SSSR count). The molecule has 1 aromatic rings. The lowest BCUT2D eigenvalue weighted by atomic mass is 10.1.